The lowest BCUT2D eigenvalue weighted by Crippen LogP contribution is -2.13. The van der Waals surface area contributed by atoms with E-state index in [-0.39, 0.29) is 0 Å². The van der Waals surface area contributed by atoms with Gasteiger partial charge >= 0.3 is 0 Å². The minimum atomic E-state index is 1.07. The fraction of sp³-hybridized carbons (Fsp3) is 0. The van der Waals surface area contributed by atoms with E-state index >= 15 is 0 Å². The maximum Gasteiger partial charge on any atom is 0.0625 e. The number of aromatic nitrogens is 1. The summed E-state index contributed by atoms with van der Waals surface area (Å²) in [5, 5.41) is 7.76. The number of pyridine rings is 1. The van der Waals surface area contributed by atoms with Crippen molar-refractivity contribution in [3.63, 3.8) is 0 Å². The predicted octanol–water partition coefficient (Wildman–Crippen LogP) is 16.3. The second kappa shape index (κ2) is 14.3. The molecule has 12 rings (SSSR count). The minimum absolute atomic E-state index is 1.07. The minimum Gasteiger partial charge on any atom is -0.310 e. The molecule has 12 aromatic rings. The first kappa shape index (κ1) is 34.9. The highest BCUT2D eigenvalue weighted by atomic mass is 15.2. The Bertz CT molecular complexity index is 3320. The first-order chi connectivity index (χ1) is 30.3. The van der Waals surface area contributed by atoms with Gasteiger partial charge in [-0.25, -0.2) is 0 Å². The van der Waals surface area contributed by atoms with E-state index in [9.17, 15) is 0 Å². The Morgan fingerprint density at radius 2 is 0.721 bits per heavy atom. The molecule has 2 aromatic heterocycles. The number of rotatable bonds is 8. The third-order valence-corrected chi connectivity index (χ3v) is 12.2. The number of hydrogen-bond donors (Lipinski definition) is 0. The monoisotopic (exact) mass is 777 g/mol. The van der Waals surface area contributed by atoms with Crippen molar-refractivity contribution in [1.82, 2.24) is 4.40 Å². The summed E-state index contributed by atoms with van der Waals surface area (Å²) in [6.07, 6.45) is 0. The van der Waals surface area contributed by atoms with Gasteiger partial charge < -0.3 is 14.2 Å². The fourth-order valence-corrected chi connectivity index (χ4v) is 9.50. The van der Waals surface area contributed by atoms with Gasteiger partial charge in [0.05, 0.1) is 16.6 Å². The standard InChI is InChI=1S/C58H39N3/c1-5-17-45(18-6-1)59(46-19-7-2-8-20-46)49-36-44(37-50(39-49)60(47-21-9-3-10-22-47)48-23-11-4-12-24-48)41-30-28-40(29-31-41)43-33-34-52-54-35-32-42-16-15-26-53-51-25-13-14-27-55(51)61(56(52)38-43)58(54)57(42)53/h1-39H. The highest BCUT2D eigenvalue weighted by molar-refractivity contribution is 6.28. The zero-order chi connectivity index (χ0) is 40.3. The second-order valence-electron chi connectivity index (χ2n) is 15.8. The molecule has 0 saturated carbocycles. The summed E-state index contributed by atoms with van der Waals surface area (Å²) in [6, 6.07) is 85.8. The van der Waals surface area contributed by atoms with Crippen molar-refractivity contribution in [2.75, 3.05) is 9.80 Å². The van der Waals surface area contributed by atoms with E-state index in [1.165, 1.54) is 60.0 Å². The number of benzene rings is 10. The van der Waals surface area contributed by atoms with E-state index in [0.29, 0.717) is 0 Å². The summed E-state index contributed by atoms with van der Waals surface area (Å²) >= 11 is 0. The summed E-state index contributed by atoms with van der Waals surface area (Å²) in [7, 11) is 0. The average Bonchev–Trinajstić information content (AvgIpc) is 3.67. The summed E-state index contributed by atoms with van der Waals surface area (Å²) < 4.78 is 2.50. The lowest BCUT2D eigenvalue weighted by molar-refractivity contribution is 1.25. The summed E-state index contributed by atoms with van der Waals surface area (Å²) in [5.74, 6) is 0. The Kier molecular flexibility index (Phi) is 8.17. The van der Waals surface area contributed by atoms with Crippen LogP contribution in [0, 0.1) is 0 Å². The molecule has 0 unspecified atom stereocenters. The van der Waals surface area contributed by atoms with Gasteiger partial charge in [0.15, 0.2) is 0 Å². The van der Waals surface area contributed by atoms with Crippen LogP contribution in [-0.2, 0) is 0 Å². The first-order valence-electron chi connectivity index (χ1n) is 20.9. The molecule has 10 aromatic carbocycles. The van der Waals surface area contributed by atoms with E-state index < -0.39 is 0 Å². The molecule has 0 radical (unpaired) electrons. The lowest BCUT2D eigenvalue weighted by atomic mass is 9.97. The zero-order valence-electron chi connectivity index (χ0n) is 33.4. The largest absolute Gasteiger partial charge is 0.310 e. The Morgan fingerprint density at radius 1 is 0.262 bits per heavy atom. The normalized spacial score (nSPS) is 11.6. The molecule has 0 atom stereocenters. The number of fused-ring (bicyclic) bond motifs is 6. The van der Waals surface area contributed by atoms with E-state index in [0.717, 1.165) is 45.3 Å². The molecule has 0 aliphatic carbocycles. The van der Waals surface area contributed by atoms with E-state index in [1.54, 1.807) is 0 Å². The predicted molar refractivity (Wildman–Crippen MR) is 259 cm³/mol. The van der Waals surface area contributed by atoms with Gasteiger partial charge in [-0.1, -0.05) is 158 Å². The van der Waals surface area contributed by atoms with Gasteiger partial charge in [0.2, 0.25) is 0 Å². The number of para-hydroxylation sites is 5. The molecule has 286 valence electrons. The van der Waals surface area contributed by atoms with Crippen molar-refractivity contribution in [3.05, 3.63) is 237 Å². The molecule has 3 heteroatoms. The molecule has 3 nitrogen and oxygen atoms in total. The van der Waals surface area contributed by atoms with Crippen LogP contribution < -0.4 is 9.80 Å². The summed E-state index contributed by atoms with van der Waals surface area (Å²) in [4.78, 5) is 4.70. The first-order valence-corrected chi connectivity index (χ1v) is 20.9. The van der Waals surface area contributed by atoms with Crippen molar-refractivity contribution >= 4 is 83.0 Å². The Morgan fingerprint density at radius 3 is 1.30 bits per heavy atom. The van der Waals surface area contributed by atoms with E-state index in [4.69, 9.17) is 0 Å². The second-order valence-corrected chi connectivity index (χ2v) is 15.8. The molecule has 0 amide bonds. The molecular weight excluding hydrogens is 739 g/mol. The van der Waals surface area contributed by atoms with Crippen molar-refractivity contribution in [2.45, 2.75) is 0 Å². The van der Waals surface area contributed by atoms with Crippen molar-refractivity contribution in [1.29, 1.82) is 0 Å². The molecule has 0 N–H and O–H groups in total. The Hall–Kier alpha value is -8.14. The van der Waals surface area contributed by atoms with Crippen molar-refractivity contribution in [3.8, 4) is 22.3 Å². The number of anilines is 6. The van der Waals surface area contributed by atoms with Crippen molar-refractivity contribution < 1.29 is 0 Å². The summed E-state index contributed by atoms with van der Waals surface area (Å²) in [5.41, 5.74) is 14.9. The van der Waals surface area contributed by atoms with Crippen LogP contribution in [0.25, 0.3) is 71.1 Å². The van der Waals surface area contributed by atoms with Gasteiger partial charge in [-0.2, -0.15) is 0 Å². The highest BCUT2D eigenvalue weighted by Gasteiger charge is 2.21. The summed E-state index contributed by atoms with van der Waals surface area (Å²) in [6.45, 7) is 0. The molecular formula is C58H39N3. The molecule has 0 saturated heterocycles. The van der Waals surface area contributed by atoms with Crippen LogP contribution in [0.1, 0.15) is 0 Å². The van der Waals surface area contributed by atoms with E-state index in [2.05, 4.69) is 251 Å². The molecule has 2 heterocycles. The SMILES string of the molecule is c1ccc(N(c2ccccc2)c2cc(-c3ccc(-c4ccc5c6ccc7cccc8c9ccccc9n(c5c4)c6c78)cc3)cc(N(c3ccccc3)c3ccccc3)c2)cc1. The molecule has 0 aliphatic rings. The zero-order valence-corrected chi connectivity index (χ0v) is 33.4. The van der Waals surface area contributed by atoms with Crippen LogP contribution in [0.3, 0.4) is 0 Å². The quantitative estimate of drug-likeness (QED) is 0.112. The maximum atomic E-state index is 2.50. The highest BCUT2D eigenvalue weighted by Crippen LogP contribution is 2.45. The third-order valence-electron chi connectivity index (χ3n) is 12.2. The van der Waals surface area contributed by atoms with Gasteiger partial charge in [0.25, 0.3) is 0 Å². The Balaban J connectivity index is 1.02. The van der Waals surface area contributed by atoms with Crippen LogP contribution in [0.2, 0.25) is 0 Å². The third kappa shape index (κ3) is 5.82. The van der Waals surface area contributed by atoms with Gasteiger partial charge in [-0.15, -0.1) is 0 Å². The van der Waals surface area contributed by atoms with Crippen molar-refractivity contribution in [2.24, 2.45) is 0 Å². The molecule has 0 bridgehead atoms. The van der Waals surface area contributed by atoms with Crippen LogP contribution in [0.5, 0.6) is 0 Å². The molecule has 61 heavy (non-hydrogen) atoms. The van der Waals surface area contributed by atoms with Crippen LogP contribution in [-0.4, -0.2) is 4.40 Å². The van der Waals surface area contributed by atoms with Crippen LogP contribution in [0.4, 0.5) is 34.1 Å². The molecule has 0 spiro atoms. The van der Waals surface area contributed by atoms with Gasteiger partial charge in [0.1, 0.15) is 0 Å². The fourth-order valence-electron chi connectivity index (χ4n) is 9.50. The lowest BCUT2D eigenvalue weighted by Gasteiger charge is -2.30. The smallest absolute Gasteiger partial charge is 0.0625 e. The van der Waals surface area contributed by atoms with Gasteiger partial charge in [-0.3, -0.25) is 0 Å². The van der Waals surface area contributed by atoms with Gasteiger partial charge in [0, 0.05) is 55.7 Å². The maximum absolute atomic E-state index is 2.50. The van der Waals surface area contributed by atoms with Crippen LogP contribution >= 0.6 is 0 Å². The van der Waals surface area contributed by atoms with Crippen LogP contribution in [0.15, 0.2) is 237 Å². The molecule has 0 aliphatic heterocycles. The number of nitrogens with zero attached hydrogens (tertiary/aromatic N) is 3. The Labute approximate surface area is 354 Å². The average molecular weight is 778 g/mol. The molecule has 0 fully saturated rings. The van der Waals surface area contributed by atoms with Gasteiger partial charge in [-0.05, 0) is 112 Å². The van der Waals surface area contributed by atoms with E-state index in [1.807, 2.05) is 0 Å². The topological polar surface area (TPSA) is 10.9 Å². The number of hydrogen-bond acceptors (Lipinski definition) is 2.